The van der Waals surface area contributed by atoms with Gasteiger partial charge in [0.1, 0.15) is 6.04 Å². The van der Waals surface area contributed by atoms with Gasteiger partial charge >= 0.3 is 0 Å². The Bertz CT molecular complexity index is 428. The summed E-state index contributed by atoms with van der Waals surface area (Å²) in [6.07, 6.45) is 0.192. The van der Waals surface area contributed by atoms with E-state index < -0.39 is 23.9 Å². The van der Waals surface area contributed by atoms with Crippen LogP contribution >= 0.6 is 0 Å². The molecule has 0 saturated carbocycles. The molecule has 2 radical (unpaired) electrons. The van der Waals surface area contributed by atoms with Crippen LogP contribution in [0.2, 0.25) is 0 Å². The third-order valence-electron chi connectivity index (χ3n) is 3.20. The van der Waals surface area contributed by atoms with Crippen LogP contribution < -0.4 is 5.32 Å². The van der Waals surface area contributed by atoms with Crippen molar-refractivity contribution in [3.8, 4) is 0 Å². The van der Waals surface area contributed by atoms with Crippen LogP contribution in [0.1, 0.15) is 34.1 Å². The van der Waals surface area contributed by atoms with Crippen molar-refractivity contribution in [1.82, 2.24) is 15.0 Å². The summed E-state index contributed by atoms with van der Waals surface area (Å²) in [6, 6.07) is -1.38. The van der Waals surface area contributed by atoms with Crippen molar-refractivity contribution >= 4 is 31.5 Å². The standard InChI is InChI=1S/C13H22BN3O4/c1-6-12(20)17(14)7-11(19)15-8(2)13(21)16(5)9(3)10(4)18/h8-9H,6-7H2,1-5H3,(H,15,19). The van der Waals surface area contributed by atoms with Gasteiger partial charge < -0.3 is 15.0 Å². The molecule has 7 nitrogen and oxygen atoms in total. The number of carbonyl (C=O) groups is 4. The molecule has 0 heterocycles. The quantitative estimate of drug-likeness (QED) is 0.626. The molecular formula is C13H22BN3O4. The van der Waals surface area contributed by atoms with Crippen LogP contribution in [-0.4, -0.2) is 66.9 Å². The van der Waals surface area contributed by atoms with E-state index in [-0.39, 0.29) is 24.7 Å². The number of hydrogen-bond donors (Lipinski definition) is 1. The smallest absolute Gasteiger partial charge is 0.245 e. The molecule has 0 aliphatic carbocycles. The molecule has 2 atom stereocenters. The SMILES string of the molecule is [B]N(CC(=O)NC(C)C(=O)N(C)C(C)C(C)=O)C(=O)CC. The molecule has 0 aromatic heterocycles. The Hall–Kier alpha value is -1.86. The molecule has 0 aliphatic heterocycles. The molecule has 0 rings (SSSR count). The van der Waals surface area contributed by atoms with E-state index in [9.17, 15) is 19.2 Å². The first-order valence-corrected chi connectivity index (χ1v) is 6.73. The normalized spacial score (nSPS) is 13.0. The third kappa shape index (κ3) is 5.97. The number of nitrogens with zero attached hydrogens (tertiary/aromatic N) is 2. The fourth-order valence-corrected chi connectivity index (χ4v) is 1.56. The number of likely N-dealkylation sites (N-methyl/N-ethyl adjacent to an activating group) is 1. The highest BCUT2D eigenvalue weighted by Gasteiger charge is 2.25. The number of ketones is 1. The largest absolute Gasteiger partial charge is 0.389 e. The van der Waals surface area contributed by atoms with Crippen LogP contribution in [-0.2, 0) is 19.2 Å². The molecule has 0 bridgehead atoms. The molecule has 1 N–H and O–H groups in total. The highest BCUT2D eigenvalue weighted by atomic mass is 16.2. The molecule has 21 heavy (non-hydrogen) atoms. The first-order valence-electron chi connectivity index (χ1n) is 6.73. The fourth-order valence-electron chi connectivity index (χ4n) is 1.56. The maximum Gasteiger partial charge on any atom is 0.245 e. The maximum absolute atomic E-state index is 12.0. The van der Waals surface area contributed by atoms with Crippen molar-refractivity contribution in [1.29, 1.82) is 0 Å². The predicted molar refractivity (Wildman–Crippen MR) is 78.3 cm³/mol. The van der Waals surface area contributed by atoms with Crippen molar-refractivity contribution in [3.05, 3.63) is 0 Å². The van der Waals surface area contributed by atoms with Crippen molar-refractivity contribution in [2.45, 2.75) is 46.2 Å². The van der Waals surface area contributed by atoms with Gasteiger partial charge in [-0.05, 0) is 20.8 Å². The molecule has 0 aromatic carbocycles. The average molecular weight is 295 g/mol. The lowest BCUT2D eigenvalue weighted by Gasteiger charge is -2.26. The van der Waals surface area contributed by atoms with Gasteiger partial charge in [-0.3, -0.25) is 19.2 Å². The summed E-state index contributed by atoms with van der Waals surface area (Å²) in [5.41, 5.74) is 0. The zero-order valence-electron chi connectivity index (χ0n) is 13.2. The Morgan fingerprint density at radius 2 is 1.71 bits per heavy atom. The minimum Gasteiger partial charge on any atom is -0.389 e. The van der Waals surface area contributed by atoms with Gasteiger partial charge in [-0.15, -0.1) is 0 Å². The van der Waals surface area contributed by atoms with Crippen molar-refractivity contribution in [3.63, 3.8) is 0 Å². The van der Waals surface area contributed by atoms with Crippen molar-refractivity contribution < 1.29 is 19.2 Å². The van der Waals surface area contributed by atoms with E-state index in [1.54, 1.807) is 13.8 Å². The lowest BCUT2D eigenvalue weighted by atomic mass is 10.2. The third-order valence-corrected chi connectivity index (χ3v) is 3.20. The molecule has 0 spiro atoms. The topological polar surface area (TPSA) is 86.8 Å². The predicted octanol–water partition coefficient (Wildman–Crippen LogP) is -0.751. The van der Waals surface area contributed by atoms with Crippen LogP contribution in [0.25, 0.3) is 0 Å². The number of Topliss-reactive ketones (excluding diaryl/α,β-unsaturated/α-hetero) is 1. The molecule has 2 unspecified atom stereocenters. The van der Waals surface area contributed by atoms with E-state index in [4.69, 9.17) is 7.98 Å². The summed E-state index contributed by atoms with van der Waals surface area (Å²) < 4.78 is 0. The van der Waals surface area contributed by atoms with Gasteiger partial charge in [0, 0.05) is 13.5 Å². The summed E-state index contributed by atoms with van der Waals surface area (Å²) in [7, 11) is 6.90. The molecule has 0 saturated heterocycles. The van der Waals surface area contributed by atoms with Gasteiger partial charge in [0.15, 0.2) is 5.78 Å². The molecule has 3 amide bonds. The highest BCUT2D eigenvalue weighted by Crippen LogP contribution is 2.01. The van der Waals surface area contributed by atoms with Gasteiger partial charge in [0.05, 0.1) is 12.6 Å². The average Bonchev–Trinajstić information content (AvgIpc) is 2.43. The molecule has 8 heteroatoms. The van der Waals surface area contributed by atoms with Crippen LogP contribution in [0, 0.1) is 0 Å². The highest BCUT2D eigenvalue weighted by molar-refractivity contribution is 6.15. The second-order valence-corrected chi connectivity index (χ2v) is 4.90. The molecule has 0 aromatic rings. The fraction of sp³-hybridized carbons (Fsp3) is 0.692. The van der Waals surface area contributed by atoms with Gasteiger partial charge in [0.2, 0.25) is 25.7 Å². The van der Waals surface area contributed by atoms with E-state index >= 15 is 0 Å². The van der Waals surface area contributed by atoms with Gasteiger partial charge in [-0.25, -0.2) is 0 Å². The number of hydrogen-bond acceptors (Lipinski definition) is 4. The van der Waals surface area contributed by atoms with Crippen LogP contribution in [0.5, 0.6) is 0 Å². The minimum absolute atomic E-state index is 0.147. The lowest BCUT2D eigenvalue weighted by Crippen LogP contribution is -2.51. The summed E-state index contributed by atoms with van der Waals surface area (Å²) >= 11 is 0. The molecule has 0 aliphatic rings. The van der Waals surface area contributed by atoms with Crippen molar-refractivity contribution in [2.75, 3.05) is 13.6 Å². The van der Waals surface area contributed by atoms with Crippen LogP contribution in [0.4, 0.5) is 0 Å². The van der Waals surface area contributed by atoms with Crippen LogP contribution in [0.3, 0.4) is 0 Å². The zero-order chi connectivity index (χ0) is 16.7. The summed E-state index contributed by atoms with van der Waals surface area (Å²) in [5, 5.41) is 2.45. The second kappa shape index (κ2) is 8.44. The second-order valence-electron chi connectivity index (χ2n) is 4.90. The van der Waals surface area contributed by atoms with Crippen LogP contribution in [0.15, 0.2) is 0 Å². The van der Waals surface area contributed by atoms with E-state index in [1.807, 2.05) is 0 Å². The maximum atomic E-state index is 12.0. The summed E-state index contributed by atoms with van der Waals surface area (Å²) in [5.74, 6) is -1.45. The number of rotatable bonds is 7. The Kier molecular flexibility index (Phi) is 7.69. The monoisotopic (exact) mass is 295 g/mol. The number of nitrogens with one attached hydrogen (secondary N) is 1. The first-order chi connectivity index (χ1) is 9.61. The van der Waals surface area contributed by atoms with E-state index in [2.05, 4.69) is 5.32 Å². The van der Waals surface area contributed by atoms with E-state index in [0.717, 1.165) is 4.81 Å². The van der Waals surface area contributed by atoms with Crippen molar-refractivity contribution in [2.24, 2.45) is 0 Å². The van der Waals surface area contributed by atoms with Gasteiger partial charge in [-0.1, -0.05) is 6.92 Å². The molecule has 0 fully saturated rings. The van der Waals surface area contributed by atoms with Gasteiger partial charge in [-0.2, -0.15) is 0 Å². The Labute approximate surface area is 126 Å². The zero-order valence-corrected chi connectivity index (χ0v) is 13.2. The Balaban J connectivity index is 4.51. The van der Waals surface area contributed by atoms with E-state index in [1.165, 1.54) is 25.8 Å². The summed E-state index contributed by atoms with van der Waals surface area (Å²) in [6.45, 7) is 5.81. The molecule has 116 valence electrons. The number of amides is 3. The Morgan fingerprint density at radius 3 is 2.14 bits per heavy atom. The molecular weight excluding hydrogens is 273 g/mol. The number of carbonyl (C=O) groups excluding carboxylic acids is 4. The minimum atomic E-state index is -0.811. The lowest BCUT2D eigenvalue weighted by molar-refractivity contribution is -0.140. The van der Waals surface area contributed by atoms with E-state index in [0.29, 0.717) is 0 Å². The Morgan fingerprint density at radius 1 is 1.19 bits per heavy atom. The first kappa shape index (κ1) is 19.1. The van der Waals surface area contributed by atoms with Gasteiger partial charge in [0.25, 0.3) is 0 Å². The summed E-state index contributed by atoms with van der Waals surface area (Å²) in [4.78, 5) is 48.3.